The normalized spacial score (nSPS) is 16.5. The van der Waals surface area contributed by atoms with Crippen LogP contribution >= 0.6 is 0 Å². The lowest BCUT2D eigenvalue weighted by atomic mass is 9.95. The number of carbonyl (C=O) groups excluding carboxylic acids is 1. The van der Waals surface area contributed by atoms with Gasteiger partial charge in [0.15, 0.2) is 23.1 Å². The second-order valence-corrected chi connectivity index (χ2v) is 7.10. The van der Waals surface area contributed by atoms with Gasteiger partial charge in [-0.3, -0.25) is 4.79 Å². The molecule has 30 heavy (non-hydrogen) atoms. The van der Waals surface area contributed by atoms with Crippen LogP contribution in [0.15, 0.2) is 53.1 Å². The van der Waals surface area contributed by atoms with Crippen molar-refractivity contribution in [1.82, 2.24) is 10.1 Å². The summed E-state index contributed by atoms with van der Waals surface area (Å²) in [6, 6.07) is 10.6. The summed E-state index contributed by atoms with van der Waals surface area (Å²) in [7, 11) is 0. The van der Waals surface area contributed by atoms with Gasteiger partial charge in [0.1, 0.15) is 18.2 Å². The van der Waals surface area contributed by atoms with Gasteiger partial charge in [0, 0.05) is 18.7 Å². The lowest BCUT2D eigenvalue weighted by Crippen LogP contribution is -2.38. The fourth-order valence-corrected chi connectivity index (χ4v) is 3.56. The second-order valence-electron chi connectivity index (χ2n) is 7.10. The van der Waals surface area contributed by atoms with Crippen molar-refractivity contribution >= 4 is 5.91 Å². The van der Waals surface area contributed by atoms with E-state index in [1.807, 2.05) is 0 Å². The highest BCUT2D eigenvalue weighted by molar-refractivity contribution is 5.92. The fourth-order valence-electron chi connectivity index (χ4n) is 3.56. The third kappa shape index (κ3) is 4.32. The number of ether oxygens (including phenoxy) is 1. The van der Waals surface area contributed by atoms with Crippen molar-refractivity contribution < 1.29 is 27.2 Å². The molecule has 2 heterocycles. The number of carbonyl (C=O) groups is 1. The standard InChI is InChI=1S/C22H19F3N2O3/c23-15-6-4-14(5-7-15)21-3-1-2-10-27(21)22(28)20-12-17(30-26-20)13-29-16-8-9-18(24)19(25)11-16/h4-9,11-12,21H,1-3,10,13H2/t21-/m0/s1. The largest absolute Gasteiger partial charge is 0.485 e. The summed E-state index contributed by atoms with van der Waals surface area (Å²) in [5, 5.41) is 3.84. The number of aromatic nitrogens is 1. The molecule has 1 fully saturated rings. The first-order valence-electron chi connectivity index (χ1n) is 9.61. The van der Waals surface area contributed by atoms with Gasteiger partial charge in [0.2, 0.25) is 0 Å². The van der Waals surface area contributed by atoms with Crippen LogP contribution in [0.4, 0.5) is 13.2 Å². The molecule has 1 amide bonds. The summed E-state index contributed by atoms with van der Waals surface area (Å²) in [4.78, 5) is 14.7. The van der Waals surface area contributed by atoms with Gasteiger partial charge in [-0.25, -0.2) is 13.2 Å². The topological polar surface area (TPSA) is 55.6 Å². The van der Waals surface area contributed by atoms with Crippen LogP contribution in [0.25, 0.3) is 0 Å². The van der Waals surface area contributed by atoms with Gasteiger partial charge in [-0.15, -0.1) is 0 Å². The molecule has 4 rings (SSSR count). The molecule has 0 saturated carbocycles. The Morgan fingerprint density at radius 3 is 2.63 bits per heavy atom. The minimum atomic E-state index is -1.02. The molecule has 1 saturated heterocycles. The maximum Gasteiger partial charge on any atom is 0.276 e. The smallest absolute Gasteiger partial charge is 0.276 e. The van der Waals surface area contributed by atoms with Crippen molar-refractivity contribution in [3.05, 3.63) is 83.0 Å². The summed E-state index contributed by atoms with van der Waals surface area (Å²) in [6.45, 7) is 0.473. The monoisotopic (exact) mass is 416 g/mol. The van der Waals surface area contributed by atoms with Crippen LogP contribution < -0.4 is 4.74 Å². The van der Waals surface area contributed by atoms with Gasteiger partial charge < -0.3 is 14.2 Å². The van der Waals surface area contributed by atoms with Gasteiger partial charge in [-0.1, -0.05) is 17.3 Å². The number of piperidine rings is 1. The molecule has 1 aliphatic heterocycles. The van der Waals surface area contributed by atoms with E-state index in [4.69, 9.17) is 9.26 Å². The zero-order valence-electron chi connectivity index (χ0n) is 16.0. The third-order valence-corrected chi connectivity index (χ3v) is 5.07. The van der Waals surface area contributed by atoms with Crippen molar-refractivity contribution in [2.75, 3.05) is 6.54 Å². The van der Waals surface area contributed by atoms with Crippen LogP contribution in [-0.2, 0) is 6.61 Å². The molecule has 1 aliphatic rings. The zero-order chi connectivity index (χ0) is 21.1. The number of amides is 1. The van der Waals surface area contributed by atoms with Crippen molar-refractivity contribution in [1.29, 1.82) is 0 Å². The second kappa shape index (κ2) is 8.61. The molecule has 0 N–H and O–H groups in total. The van der Waals surface area contributed by atoms with Crippen LogP contribution in [0.3, 0.4) is 0 Å². The Hall–Kier alpha value is -3.29. The predicted molar refractivity (Wildman–Crippen MR) is 101 cm³/mol. The predicted octanol–water partition coefficient (Wildman–Crippen LogP) is 5.04. The lowest BCUT2D eigenvalue weighted by Gasteiger charge is -2.35. The van der Waals surface area contributed by atoms with E-state index in [9.17, 15) is 18.0 Å². The van der Waals surface area contributed by atoms with Gasteiger partial charge >= 0.3 is 0 Å². The Balaban J connectivity index is 1.45. The number of hydrogen-bond donors (Lipinski definition) is 0. The van der Waals surface area contributed by atoms with Gasteiger partial charge in [0.05, 0.1) is 6.04 Å². The fraction of sp³-hybridized carbons (Fsp3) is 0.273. The lowest BCUT2D eigenvalue weighted by molar-refractivity contribution is 0.0600. The van der Waals surface area contributed by atoms with Crippen LogP contribution in [0.5, 0.6) is 5.75 Å². The van der Waals surface area contributed by atoms with E-state index in [1.54, 1.807) is 17.0 Å². The number of nitrogens with zero attached hydrogens (tertiary/aromatic N) is 2. The summed E-state index contributed by atoms with van der Waals surface area (Å²) in [6.07, 6.45) is 2.62. The molecule has 0 bridgehead atoms. The number of likely N-dealkylation sites (tertiary alicyclic amines) is 1. The Kier molecular flexibility index (Phi) is 5.74. The minimum Gasteiger partial charge on any atom is -0.485 e. The quantitative estimate of drug-likeness (QED) is 0.585. The first kappa shape index (κ1) is 20.0. The average molecular weight is 416 g/mol. The van der Waals surface area contributed by atoms with Crippen molar-refractivity contribution in [3.63, 3.8) is 0 Å². The van der Waals surface area contributed by atoms with E-state index in [0.29, 0.717) is 6.54 Å². The molecule has 8 heteroatoms. The Bertz CT molecular complexity index is 1040. The molecule has 0 unspecified atom stereocenters. The number of benzene rings is 2. The molecule has 0 spiro atoms. The first-order chi connectivity index (χ1) is 14.5. The number of rotatable bonds is 5. The summed E-state index contributed by atoms with van der Waals surface area (Å²) >= 11 is 0. The van der Waals surface area contributed by atoms with Crippen molar-refractivity contribution in [2.45, 2.75) is 31.9 Å². The van der Waals surface area contributed by atoms with E-state index < -0.39 is 11.6 Å². The van der Waals surface area contributed by atoms with E-state index in [0.717, 1.165) is 37.0 Å². The van der Waals surface area contributed by atoms with Gasteiger partial charge in [-0.2, -0.15) is 0 Å². The van der Waals surface area contributed by atoms with Crippen molar-refractivity contribution in [2.24, 2.45) is 0 Å². The zero-order valence-corrected chi connectivity index (χ0v) is 16.0. The molecular weight excluding hydrogens is 397 g/mol. The number of halogens is 3. The molecule has 5 nitrogen and oxygen atoms in total. The molecule has 3 aromatic rings. The molecule has 2 aromatic carbocycles. The molecule has 0 radical (unpaired) electrons. The Morgan fingerprint density at radius 2 is 1.87 bits per heavy atom. The Morgan fingerprint density at radius 1 is 1.07 bits per heavy atom. The average Bonchev–Trinajstić information content (AvgIpc) is 3.24. The molecule has 156 valence electrons. The van der Waals surface area contributed by atoms with Gasteiger partial charge in [0.25, 0.3) is 5.91 Å². The third-order valence-electron chi connectivity index (χ3n) is 5.07. The molecule has 0 aliphatic carbocycles. The van der Waals surface area contributed by atoms with E-state index in [1.165, 1.54) is 24.3 Å². The van der Waals surface area contributed by atoms with Gasteiger partial charge in [-0.05, 0) is 49.1 Å². The highest BCUT2D eigenvalue weighted by Gasteiger charge is 2.30. The number of hydrogen-bond acceptors (Lipinski definition) is 4. The molecule has 1 aromatic heterocycles. The first-order valence-corrected chi connectivity index (χ1v) is 9.61. The maximum atomic E-state index is 13.3. The highest BCUT2D eigenvalue weighted by Crippen LogP contribution is 2.32. The van der Waals surface area contributed by atoms with Crippen LogP contribution in [0.1, 0.15) is 47.1 Å². The molecule has 1 atom stereocenters. The summed E-state index contributed by atoms with van der Waals surface area (Å²) in [5.41, 5.74) is 1.00. The van der Waals surface area contributed by atoms with Crippen LogP contribution in [-0.4, -0.2) is 22.5 Å². The van der Waals surface area contributed by atoms with E-state index >= 15 is 0 Å². The minimum absolute atomic E-state index is 0.0905. The summed E-state index contributed by atoms with van der Waals surface area (Å²) in [5.74, 6) is -2.18. The van der Waals surface area contributed by atoms with E-state index in [-0.39, 0.29) is 41.6 Å². The summed E-state index contributed by atoms with van der Waals surface area (Å²) < 4.78 is 50.0. The SMILES string of the molecule is O=C(c1cc(COc2ccc(F)c(F)c2)on1)N1CCCC[C@H]1c1ccc(F)cc1. The van der Waals surface area contributed by atoms with E-state index in [2.05, 4.69) is 5.16 Å². The molecular formula is C22H19F3N2O3. The van der Waals surface area contributed by atoms with Crippen LogP contribution in [0.2, 0.25) is 0 Å². The van der Waals surface area contributed by atoms with Crippen LogP contribution in [0, 0.1) is 17.5 Å². The maximum absolute atomic E-state index is 13.3. The highest BCUT2D eigenvalue weighted by atomic mass is 19.2. The van der Waals surface area contributed by atoms with Crippen molar-refractivity contribution in [3.8, 4) is 5.75 Å². The Labute approximate surface area is 171 Å².